The summed E-state index contributed by atoms with van der Waals surface area (Å²) in [4.78, 5) is 10.3. The minimum atomic E-state index is 0.718. The first-order chi connectivity index (χ1) is 27.3. The molecule has 2 aliphatic rings. The van der Waals surface area contributed by atoms with Crippen LogP contribution >= 0.6 is 0 Å². The molecule has 0 saturated carbocycles. The van der Waals surface area contributed by atoms with Gasteiger partial charge < -0.3 is 0 Å². The second-order valence-corrected chi connectivity index (χ2v) is 14.2. The number of hydrogen-bond donors (Lipinski definition) is 0. The Kier molecular flexibility index (Phi) is 8.42. The average molecular weight is 707 g/mol. The fourth-order valence-electron chi connectivity index (χ4n) is 8.11. The van der Waals surface area contributed by atoms with Gasteiger partial charge in [-0.3, -0.25) is 0 Å². The molecule has 55 heavy (non-hydrogen) atoms. The summed E-state index contributed by atoms with van der Waals surface area (Å²) in [6.07, 6.45) is 19.5. The Bertz CT molecular complexity index is 2860. The molecule has 0 aliphatic heterocycles. The molecule has 0 N–H and O–H groups in total. The normalized spacial score (nSPS) is 14.0. The van der Waals surface area contributed by atoms with Crippen molar-refractivity contribution in [2.24, 2.45) is 0 Å². The molecular formula is C51H38N4. The van der Waals surface area contributed by atoms with E-state index >= 15 is 0 Å². The Morgan fingerprint density at radius 3 is 1.95 bits per heavy atom. The zero-order chi connectivity index (χ0) is 36.6. The average Bonchev–Trinajstić information content (AvgIpc) is 3.72. The molecule has 3 aromatic heterocycles. The molecule has 2 aliphatic carbocycles. The lowest BCUT2D eigenvalue weighted by atomic mass is 9.90. The van der Waals surface area contributed by atoms with E-state index in [0.717, 1.165) is 98.6 Å². The molecule has 3 heterocycles. The lowest BCUT2D eigenvalue weighted by molar-refractivity contribution is 0.976. The molecule has 0 bridgehead atoms. The van der Waals surface area contributed by atoms with Gasteiger partial charge in [0.2, 0.25) is 0 Å². The van der Waals surface area contributed by atoms with Crippen LogP contribution in [0.25, 0.3) is 83.6 Å². The summed E-state index contributed by atoms with van der Waals surface area (Å²) < 4.78 is 2.18. The Balaban J connectivity index is 1.14. The maximum Gasteiger partial charge on any atom is 0.160 e. The van der Waals surface area contributed by atoms with Crippen LogP contribution in [-0.2, 0) is 0 Å². The molecule has 0 amide bonds. The number of allylic oxidation sites excluding steroid dienone is 8. The molecule has 0 atom stereocenters. The van der Waals surface area contributed by atoms with Gasteiger partial charge in [0.05, 0.1) is 28.8 Å². The largest absolute Gasteiger partial charge is 0.231 e. The lowest BCUT2D eigenvalue weighted by Gasteiger charge is -2.19. The highest BCUT2D eigenvalue weighted by atomic mass is 15.2. The van der Waals surface area contributed by atoms with E-state index in [9.17, 15) is 0 Å². The number of rotatable bonds is 7. The number of fused-ring (bicyclic) bond motifs is 3. The van der Waals surface area contributed by atoms with E-state index in [-0.39, 0.29) is 0 Å². The van der Waals surface area contributed by atoms with Gasteiger partial charge in [-0.25, -0.2) is 14.5 Å². The first-order valence-electron chi connectivity index (χ1n) is 19.2. The van der Waals surface area contributed by atoms with Crippen molar-refractivity contribution in [3.8, 4) is 56.2 Å². The second kappa shape index (κ2) is 14.1. The molecule has 0 unspecified atom stereocenters. The summed E-state index contributed by atoms with van der Waals surface area (Å²) in [6.45, 7) is 0. The van der Waals surface area contributed by atoms with Crippen molar-refractivity contribution in [2.45, 2.75) is 25.7 Å². The number of nitrogens with zero attached hydrogens (tertiary/aromatic N) is 4. The van der Waals surface area contributed by atoms with Crippen LogP contribution in [0.1, 0.15) is 36.9 Å². The first-order valence-corrected chi connectivity index (χ1v) is 19.2. The van der Waals surface area contributed by atoms with Gasteiger partial charge in [-0.2, -0.15) is 5.10 Å². The van der Waals surface area contributed by atoms with Gasteiger partial charge in [0, 0.05) is 33.2 Å². The van der Waals surface area contributed by atoms with Crippen molar-refractivity contribution in [2.75, 3.05) is 0 Å². The smallest absolute Gasteiger partial charge is 0.160 e. The van der Waals surface area contributed by atoms with Crippen molar-refractivity contribution in [3.05, 3.63) is 193 Å². The quantitative estimate of drug-likeness (QED) is 0.166. The molecule has 262 valence electrons. The van der Waals surface area contributed by atoms with Crippen LogP contribution in [0.3, 0.4) is 0 Å². The third-order valence-electron chi connectivity index (χ3n) is 10.8. The van der Waals surface area contributed by atoms with E-state index in [1.54, 1.807) is 0 Å². The number of hydrogen-bond acceptors (Lipinski definition) is 3. The minimum Gasteiger partial charge on any atom is -0.231 e. The molecule has 8 aromatic rings. The SMILES string of the molecule is C1=CCCC(c2cnn3c(-c4ccccc4)c(-c4cccc(-c5cccc(-c6nc(C7=CCCC=C7)cc(-c7ccccc7)n6)c5)c4)c4ccccc4c23)=C1. The fourth-order valence-corrected chi connectivity index (χ4v) is 8.11. The first kappa shape index (κ1) is 32.7. The lowest BCUT2D eigenvalue weighted by Crippen LogP contribution is -2.00. The van der Waals surface area contributed by atoms with Crippen molar-refractivity contribution >= 4 is 27.4 Å². The zero-order valence-corrected chi connectivity index (χ0v) is 30.4. The van der Waals surface area contributed by atoms with Crippen LogP contribution in [0, 0.1) is 0 Å². The highest BCUT2D eigenvalue weighted by Gasteiger charge is 2.22. The van der Waals surface area contributed by atoms with Crippen LogP contribution in [0.4, 0.5) is 0 Å². The van der Waals surface area contributed by atoms with Gasteiger partial charge in [-0.05, 0) is 77.1 Å². The molecule has 10 rings (SSSR count). The van der Waals surface area contributed by atoms with Gasteiger partial charge in [0.25, 0.3) is 0 Å². The second-order valence-electron chi connectivity index (χ2n) is 14.2. The number of aromatic nitrogens is 4. The van der Waals surface area contributed by atoms with E-state index in [4.69, 9.17) is 15.1 Å². The van der Waals surface area contributed by atoms with Crippen molar-refractivity contribution in [1.82, 2.24) is 19.6 Å². The molecule has 0 saturated heterocycles. The van der Waals surface area contributed by atoms with E-state index in [2.05, 4.69) is 181 Å². The summed E-state index contributed by atoms with van der Waals surface area (Å²) in [5, 5.41) is 7.53. The summed E-state index contributed by atoms with van der Waals surface area (Å²) in [6, 6.07) is 49.6. The minimum absolute atomic E-state index is 0.718. The Hall–Kier alpha value is -6.91. The number of pyridine rings is 1. The predicted molar refractivity (Wildman–Crippen MR) is 228 cm³/mol. The van der Waals surface area contributed by atoms with Crippen molar-refractivity contribution in [3.63, 3.8) is 0 Å². The molecule has 0 radical (unpaired) electrons. The molecule has 5 aromatic carbocycles. The Morgan fingerprint density at radius 1 is 0.527 bits per heavy atom. The summed E-state index contributed by atoms with van der Waals surface area (Å²) in [5.74, 6) is 0.718. The van der Waals surface area contributed by atoms with Crippen LogP contribution in [0.2, 0.25) is 0 Å². The zero-order valence-electron chi connectivity index (χ0n) is 30.4. The fraction of sp³-hybridized carbons (Fsp3) is 0.0784. The maximum absolute atomic E-state index is 5.15. The molecule has 0 fully saturated rings. The van der Waals surface area contributed by atoms with Crippen LogP contribution < -0.4 is 0 Å². The van der Waals surface area contributed by atoms with E-state index in [1.165, 1.54) is 21.9 Å². The highest BCUT2D eigenvalue weighted by molar-refractivity contribution is 6.12. The Morgan fingerprint density at radius 2 is 1.20 bits per heavy atom. The highest BCUT2D eigenvalue weighted by Crippen LogP contribution is 2.43. The maximum atomic E-state index is 5.15. The van der Waals surface area contributed by atoms with Gasteiger partial charge in [0.1, 0.15) is 0 Å². The van der Waals surface area contributed by atoms with E-state index in [1.807, 2.05) is 6.07 Å². The third-order valence-corrected chi connectivity index (χ3v) is 10.8. The van der Waals surface area contributed by atoms with Crippen LogP contribution in [-0.4, -0.2) is 19.6 Å². The molecular weight excluding hydrogens is 669 g/mol. The van der Waals surface area contributed by atoms with Crippen molar-refractivity contribution in [1.29, 1.82) is 0 Å². The monoisotopic (exact) mass is 706 g/mol. The standard InChI is InChI=1S/C51H38N4/c1-5-17-35(18-6-1)45-34-52-55-49(38-23-11-4-12-24-38)48(43-29-13-14-30-44(43)50(45)55)41-27-15-25-39(31-41)40-26-16-28-42(32-40)51-53-46(36-19-7-2-8-20-36)33-47(54-51)37-21-9-3-10-22-37/h1-2,4-5,7-9,11-17,19-34H,3,6,10,18H2. The van der Waals surface area contributed by atoms with Gasteiger partial charge >= 0.3 is 0 Å². The van der Waals surface area contributed by atoms with Crippen LogP contribution in [0.5, 0.6) is 0 Å². The van der Waals surface area contributed by atoms with Crippen LogP contribution in [0.15, 0.2) is 182 Å². The molecule has 4 heteroatoms. The van der Waals surface area contributed by atoms with Gasteiger partial charge in [-0.1, -0.05) is 158 Å². The summed E-state index contributed by atoms with van der Waals surface area (Å²) in [7, 11) is 0. The summed E-state index contributed by atoms with van der Waals surface area (Å²) in [5.41, 5.74) is 15.5. The van der Waals surface area contributed by atoms with E-state index in [0.29, 0.717) is 0 Å². The molecule has 0 spiro atoms. The topological polar surface area (TPSA) is 43.1 Å². The van der Waals surface area contributed by atoms with E-state index < -0.39 is 0 Å². The number of benzene rings is 5. The van der Waals surface area contributed by atoms with Gasteiger partial charge in [0.15, 0.2) is 5.82 Å². The van der Waals surface area contributed by atoms with Gasteiger partial charge in [-0.15, -0.1) is 0 Å². The third kappa shape index (κ3) is 6.12. The predicted octanol–water partition coefficient (Wildman–Crippen LogP) is 13.1. The Labute approximate surface area is 321 Å². The summed E-state index contributed by atoms with van der Waals surface area (Å²) >= 11 is 0. The molecule has 4 nitrogen and oxygen atoms in total. The van der Waals surface area contributed by atoms with Crippen molar-refractivity contribution < 1.29 is 0 Å².